The standard InChI is InChI=1S/C19H28N2O3.ClH/c1-19(2,13-21-18(22)6-3-14-7-8-20-12-14)15-4-5-16-17(11-15)24-10-9-23-16;/h4-5,11,14,20H,3,6-10,12-13H2,1-2H3,(H,21,22);1H. The predicted octanol–water partition coefficient (Wildman–Crippen LogP) is 2.66. The maximum absolute atomic E-state index is 12.1. The highest BCUT2D eigenvalue weighted by atomic mass is 35.5. The maximum atomic E-state index is 12.1. The second-order valence-corrected chi connectivity index (χ2v) is 7.42. The molecule has 5 nitrogen and oxygen atoms in total. The van der Waals surface area contributed by atoms with Crippen LogP contribution in [0.3, 0.4) is 0 Å². The molecule has 6 heteroatoms. The van der Waals surface area contributed by atoms with Gasteiger partial charge < -0.3 is 20.1 Å². The Morgan fingerprint density at radius 2 is 2.04 bits per heavy atom. The molecule has 1 amide bonds. The van der Waals surface area contributed by atoms with Gasteiger partial charge in [0.25, 0.3) is 0 Å². The van der Waals surface area contributed by atoms with Crippen molar-refractivity contribution in [2.45, 2.75) is 38.5 Å². The van der Waals surface area contributed by atoms with Gasteiger partial charge in [0, 0.05) is 18.4 Å². The number of carbonyl (C=O) groups is 1. The third kappa shape index (κ3) is 5.25. The summed E-state index contributed by atoms with van der Waals surface area (Å²) in [4.78, 5) is 12.1. The van der Waals surface area contributed by atoms with E-state index >= 15 is 0 Å². The van der Waals surface area contributed by atoms with Crippen LogP contribution in [0.2, 0.25) is 0 Å². The number of carbonyl (C=O) groups excluding carboxylic acids is 1. The first-order valence-electron chi connectivity index (χ1n) is 8.92. The van der Waals surface area contributed by atoms with Crippen molar-refractivity contribution < 1.29 is 14.3 Å². The van der Waals surface area contributed by atoms with Crippen molar-refractivity contribution in [1.29, 1.82) is 0 Å². The maximum Gasteiger partial charge on any atom is 0.220 e. The zero-order valence-electron chi connectivity index (χ0n) is 15.1. The van der Waals surface area contributed by atoms with Gasteiger partial charge in [-0.25, -0.2) is 0 Å². The summed E-state index contributed by atoms with van der Waals surface area (Å²) < 4.78 is 11.2. The molecule has 1 atom stereocenters. The molecular formula is C19H29ClN2O3. The summed E-state index contributed by atoms with van der Waals surface area (Å²) in [5.74, 6) is 2.40. The van der Waals surface area contributed by atoms with Crippen LogP contribution in [0.5, 0.6) is 11.5 Å². The zero-order valence-corrected chi connectivity index (χ0v) is 15.9. The van der Waals surface area contributed by atoms with Crippen molar-refractivity contribution in [2.24, 2.45) is 5.92 Å². The summed E-state index contributed by atoms with van der Waals surface area (Å²) in [5.41, 5.74) is 0.993. The minimum atomic E-state index is -0.152. The van der Waals surface area contributed by atoms with Crippen LogP contribution in [-0.2, 0) is 10.2 Å². The second-order valence-electron chi connectivity index (χ2n) is 7.42. The summed E-state index contributed by atoms with van der Waals surface area (Å²) in [6.07, 6.45) is 2.78. The molecule has 2 heterocycles. The molecule has 0 spiro atoms. The molecule has 1 unspecified atom stereocenters. The Morgan fingerprint density at radius 1 is 1.28 bits per heavy atom. The van der Waals surface area contributed by atoms with E-state index in [0.29, 0.717) is 32.1 Å². The van der Waals surface area contributed by atoms with Gasteiger partial charge >= 0.3 is 0 Å². The molecule has 1 fully saturated rings. The highest BCUT2D eigenvalue weighted by Crippen LogP contribution is 2.34. The average Bonchev–Trinajstić information content (AvgIpc) is 3.11. The molecule has 1 saturated heterocycles. The van der Waals surface area contributed by atoms with Crippen molar-refractivity contribution in [3.05, 3.63) is 23.8 Å². The molecule has 0 bridgehead atoms. The molecule has 2 aliphatic heterocycles. The fourth-order valence-corrected chi connectivity index (χ4v) is 3.27. The Kier molecular flexibility index (Phi) is 6.96. The summed E-state index contributed by atoms with van der Waals surface area (Å²) in [5, 5.41) is 6.44. The lowest BCUT2D eigenvalue weighted by atomic mass is 9.84. The van der Waals surface area contributed by atoms with Gasteiger partial charge in [-0.2, -0.15) is 0 Å². The largest absolute Gasteiger partial charge is 0.486 e. The van der Waals surface area contributed by atoms with Crippen molar-refractivity contribution in [1.82, 2.24) is 10.6 Å². The second kappa shape index (κ2) is 8.77. The average molecular weight is 369 g/mol. The van der Waals surface area contributed by atoms with Gasteiger partial charge in [0.1, 0.15) is 13.2 Å². The van der Waals surface area contributed by atoms with E-state index in [-0.39, 0.29) is 23.7 Å². The van der Waals surface area contributed by atoms with Gasteiger partial charge in [-0.1, -0.05) is 19.9 Å². The molecule has 1 aromatic carbocycles. The van der Waals surface area contributed by atoms with E-state index in [9.17, 15) is 4.79 Å². The Bertz CT molecular complexity index is 586. The van der Waals surface area contributed by atoms with E-state index in [4.69, 9.17) is 9.47 Å². The van der Waals surface area contributed by atoms with E-state index in [1.165, 1.54) is 6.42 Å². The van der Waals surface area contributed by atoms with Gasteiger partial charge in [0.15, 0.2) is 11.5 Å². The Balaban J connectivity index is 0.00000225. The van der Waals surface area contributed by atoms with E-state index in [2.05, 4.69) is 30.5 Å². The third-order valence-corrected chi connectivity index (χ3v) is 4.99. The number of amides is 1. The summed E-state index contributed by atoms with van der Waals surface area (Å²) in [6, 6.07) is 6.05. The Labute approximate surface area is 156 Å². The summed E-state index contributed by atoms with van der Waals surface area (Å²) in [7, 11) is 0. The summed E-state index contributed by atoms with van der Waals surface area (Å²) in [6.45, 7) is 8.22. The fraction of sp³-hybridized carbons (Fsp3) is 0.632. The quantitative estimate of drug-likeness (QED) is 0.810. The molecule has 2 aliphatic rings. The predicted molar refractivity (Wildman–Crippen MR) is 101 cm³/mol. The monoisotopic (exact) mass is 368 g/mol. The Hall–Kier alpha value is -1.46. The lowest BCUT2D eigenvalue weighted by Gasteiger charge is -2.28. The molecule has 3 rings (SSSR count). The third-order valence-electron chi connectivity index (χ3n) is 4.99. The van der Waals surface area contributed by atoms with E-state index in [1.54, 1.807) is 0 Å². The van der Waals surface area contributed by atoms with E-state index < -0.39 is 0 Å². The van der Waals surface area contributed by atoms with Gasteiger partial charge in [-0.15, -0.1) is 12.4 Å². The van der Waals surface area contributed by atoms with E-state index in [1.807, 2.05) is 12.1 Å². The van der Waals surface area contributed by atoms with Crippen LogP contribution in [0.1, 0.15) is 38.7 Å². The number of nitrogens with one attached hydrogen (secondary N) is 2. The number of fused-ring (bicyclic) bond motifs is 1. The van der Waals surface area contributed by atoms with Gasteiger partial charge in [0.2, 0.25) is 5.91 Å². The number of rotatable bonds is 6. The first-order chi connectivity index (χ1) is 11.5. The van der Waals surface area contributed by atoms with Gasteiger partial charge in [-0.3, -0.25) is 4.79 Å². The summed E-state index contributed by atoms with van der Waals surface area (Å²) >= 11 is 0. The van der Waals surface area contributed by atoms with Crippen LogP contribution in [0.4, 0.5) is 0 Å². The number of hydrogen-bond donors (Lipinski definition) is 2. The van der Waals surface area contributed by atoms with Crippen LogP contribution < -0.4 is 20.1 Å². The van der Waals surface area contributed by atoms with Crippen LogP contribution in [0, 0.1) is 5.92 Å². The number of ether oxygens (including phenoxy) is 2. The van der Waals surface area contributed by atoms with Crippen molar-refractivity contribution >= 4 is 18.3 Å². The van der Waals surface area contributed by atoms with Crippen LogP contribution in [0.25, 0.3) is 0 Å². The molecule has 0 aliphatic carbocycles. The molecule has 140 valence electrons. The first-order valence-corrected chi connectivity index (χ1v) is 8.92. The van der Waals surface area contributed by atoms with Crippen LogP contribution in [0.15, 0.2) is 18.2 Å². The van der Waals surface area contributed by atoms with Gasteiger partial charge in [0.05, 0.1) is 0 Å². The lowest BCUT2D eigenvalue weighted by Crippen LogP contribution is -2.36. The van der Waals surface area contributed by atoms with Crippen molar-refractivity contribution in [3.63, 3.8) is 0 Å². The fourth-order valence-electron chi connectivity index (χ4n) is 3.27. The van der Waals surface area contributed by atoms with Crippen LogP contribution in [-0.4, -0.2) is 38.8 Å². The normalized spacial score (nSPS) is 19.2. The minimum Gasteiger partial charge on any atom is -0.486 e. The zero-order chi connectivity index (χ0) is 17.0. The lowest BCUT2D eigenvalue weighted by molar-refractivity contribution is -0.121. The number of benzene rings is 1. The minimum absolute atomic E-state index is 0. The molecular weight excluding hydrogens is 340 g/mol. The molecule has 0 radical (unpaired) electrons. The van der Waals surface area contributed by atoms with E-state index in [0.717, 1.165) is 36.6 Å². The van der Waals surface area contributed by atoms with Crippen molar-refractivity contribution in [2.75, 3.05) is 32.8 Å². The Morgan fingerprint density at radius 3 is 2.76 bits per heavy atom. The molecule has 0 saturated carbocycles. The SMILES string of the molecule is CC(C)(CNC(=O)CCC1CCNC1)c1ccc2c(c1)OCCO2.Cl. The molecule has 0 aromatic heterocycles. The number of hydrogen-bond acceptors (Lipinski definition) is 4. The molecule has 25 heavy (non-hydrogen) atoms. The highest BCUT2D eigenvalue weighted by molar-refractivity contribution is 5.85. The molecule has 1 aromatic rings. The first kappa shape index (κ1) is 19.9. The smallest absolute Gasteiger partial charge is 0.220 e. The van der Waals surface area contributed by atoms with Crippen LogP contribution >= 0.6 is 12.4 Å². The number of halogens is 1. The topological polar surface area (TPSA) is 59.6 Å². The molecule has 2 N–H and O–H groups in total. The highest BCUT2D eigenvalue weighted by Gasteiger charge is 2.24. The van der Waals surface area contributed by atoms with Crippen molar-refractivity contribution in [3.8, 4) is 11.5 Å². The van der Waals surface area contributed by atoms with Gasteiger partial charge in [-0.05, 0) is 49.5 Å².